The van der Waals surface area contributed by atoms with Gasteiger partial charge in [-0.25, -0.2) is 9.18 Å². The molecule has 0 radical (unpaired) electrons. The lowest BCUT2D eigenvalue weighted by atomic mass is 9.93. The molecule has 0 atom stereocenters. The molecule has 3 rings (SSSR count). The minimum Gasteiger partial charge on any atom is -0.496 e. The van der Waals surface area contributed by atoms with Gasteiger partial charge >= 0.3 is 6.03 Å². The van der Waals surface area contributed by atoms with Crippen LogP contribution in [0.5, 0.6) is 5.75 Å². The van der Waals surface area contributed by atoms with Crippen molar-refractivity contribution in [1.82, 2.24) is 10.2 Å². The van der Waals surface area contributed by atoms with Crippen molar-refractivity contribution in [2.45, 2.75) is 19.3 Å². The highest BCUT2D eigenvalue weighted by Crippen LogP contribution is 2.22. The van der Waals surface area contributed by atoms with Crippen LogP contribution in [-0.4, -0.2) is 43.6 Å². The Hall–Kier alpha value is -3.09. The van der Waals surface area contributed by atoms with E-state index in [0.717, 1.165) is 19.3 Å². The first-order valence-electron chi connectivity index (χ1n) is 9.79. The molecule has 0 aromatic heterocycles. The number of rotatable bonds is 6. The molecule has 0 unspecified atom stereocenters. The lowest BCUT2D eigenvalue weighted by molar-refractivity contribution is 0.0946. The fourth-order valence-corrected chi connectivity index (χ4v) is 3.51. The van der Waals surface area contributed by atoms with E-state index in [-0.39, 0.29) is 17.8 Å². The zero-order valence-electron chi connectivity index (χ0n) is 16.5. The van der Waals surface area contributed by atoms with Crippen LogP contribution < -0.4 is 15.4 Å². The van der Waals surface area contributed by atoms with E-state index in [1.54, 1.807) is 36.3 Å². The van der Waals surface area contributed by atoms with E-state index in [1.807, 2.05) is 12.1 Å². The van der Waals surface area contributed by atoms with Crippen LogP contribution in [0.4, 0.5) is 14.9 Å². The van der Waals surface area contributed by atoms with Crippen molar-refractivity contribution >= 4 is 17.6 Å². The van der Waals surface area contributed by atoms with Crippen LogP contribution in [0.3, 0.4) is 0 Å². The molecule has 0 aliphatic carbocycles. The molecule has 3 amide bonds. The zero-order chi connectivity index (χ0) is 20.6. The number of amides is 3. The first-order valence-corrected chi connectivity index (χ1v) is 9.79. The molecule has 154 valence electrons. The van der Waals surface area contributed by atoms with Gasteiger partial charge in [-0.15, -0.1) is 0 Å². The Morgan fingerprint density at radius 3 is 2.62 bits per heavy atom. The van der Waals surface area contributed by atoms with Gasteiger partial charge in [-0.05, 0) is 55.5 Å². The van der Waals surface area contributed by atoms with Crippen LogP contribution in [0.15, 0.2) is 48.5 Å². The Kier molecular flexibility index (Phi) is 7.05. The van der Waals surface area contributed by atoms with Crippen molar-refractivity contribution in [3.05, 3.63) is 59.9 Å². The van der Waals surface area contributed by atoms with E-state index >= 15 is 0 Å². The fraction of sp³-hybridized carbons (Fsp3) is 0.364. The number of nitrogens with one attached hydrogen (secondary N) is 2. The van der Waals surface area contributed by atoms with E-state index in [0.29, 0.717) is 42.6 Å². The highest BCUT2D eigenvalue weighted by atomic mass is 19.1. The number of hydrogen-bond acceptors (Lipinski definition) is 3. The van der Waals surface area contributed by atoms with Gasteiger partial charge in [0.1, 0.15) is 11.6 Å². The van der Waals surface area contributed by atoms with Gasteiger partial charge < -0.3 is 20.3 Å². The molecule has 29 heavy (non-hydrogen) atoms. The minimum absolute atomic E-state index is 0.144. The first-order chi connectivity index (χ1) is 14.1. The Bertz CT molecular complexity index is 851. The van der Waals surface area contributed by atoms with Gasteiger partial charge in [-0.3, -0.25) is 4.79 Å². The second kappa shape index (κ2) is 9.91. The van der Waals surface area contributed by atoms with E-state index in [2.05, 4.69) is 10.6 Å². The number of methoxy groups -OCH3 is 1. The number of benzene rings is 2. The highest BCUT2D eigenvalue weighted by molar-refractivity contribution is 5.96. The predicted molar refractivity (Wildman–Crippen MR) is 110 cm³/mol. The van der Waals surface area contributed by atoms with E-state index in [4.69, 9.17) is 4.74 Å². The lowest BCUT2D eigenvalue weighted by Gasteiger charge is -2.32. The summed E-state index contributed by atoms with van der Waals surface area (Å²) in [5, 5.41) is 5.68. The molecule has 6 nitrogen and oxygen atoms in total. The lowest BCUT2D eigenvalue weighted by Crippen LogP contribution is -2.41. The molecule has 2 aromatic rings. The van der Waals surface area contributed by atoms with Gasteiger partial charge in [0.25, 0.3) is 5.91 Å². The quantitative estimate of drug-likeness (QED) is 0.774. The number of carbonyl (C=O) groups is 2. The molecule has 2 aromatic carbocycles. The number of anilines is 1. The number of ether oxygens (including phenoxy) is 1. The number of para-hydroxylation sites is 1. The van der Waals surface area contributed by atoms with Crippen LogP contribution >= 0.6 is 0 Å². The molecule has 1 heterocycles. The number of nitrogens with zero attached hydrogens (tertiary/aromatic N) is 1. The molecule has 1 fully saturated rings. The third kappa shape index (κ3) is 5.70. The minimum atomic E-state index is -0.378. The average Bonchev–Trinajstić information content (AvgIpc) is 2.74. The maximum Gasteiger partial charge on any atom is 0.321 e. The van der Waals surface area contributed by atoms with E-state index in [1.165, 1.54) is 12.1 Å². The Morgan fingerprint density at radius 2 is 1.90 bits per heavy atom. The van der Waals surface area contributed by atoms with Crippen LogP contribution in [0.25, 0.3) is 0 Å². The second-order valence-corrected chi connectivity index (χ2v) is 7.12. The third-order valence-electron chi connectivity index (χ3n) is 5.17. The Balaban J connectivity index is 1.39. The Labute approximate surface area is 170 Å². The first kappa shape index (κ1) is 20.6. The number of halogens is 1. The molecule has 1 aliphatic heterocycles. The van der Waals surface area contributed by atoms with Gasteiger partial charge in [-0.1, -0.05) is 18.2 Å². The van der Waals surface area contributed by atoms with Crippen LogP contribution in [0.2, 0.25) is 0 Å². The average molecular weight is 399 g/mol. The smallest absolute Gasteiger partial charge is 0.321 e. The number of hydrogen-bond donors (Lipinski definition) is 2. The molecule has 7 heteroatoms. The summed E-state index contributed by atoms with van der Waals surface area (Å²) in [6.45, 7) is 1.87. The summed E-state index contributed by atoms with van der Waals surface area (Å²) in [6, 6.07) is 12.8. The van der Waals surface area contributed by atoms with Crippen molar-refractivity contribution in [1.29, 1.82) is 0 Å². The predicted octanol–water partition coefficient (Wildman–Crippen LogP) is 3.90. The van der Waals surface area contributed by atoms with Crippen molar-refractivity contribution in [2.75, 3.05) is 32.1 Å². The van der Waals surface area contributed by atoms with Gasteiger partial charge in [0.05, 0.1) is 12.7 Å². The van der Waals surface area contributed by atoms with Gasteiger partial charge in [-0.2, -0.15) is 0 Å². The van der Waals surface area contributed by atoms with Crippen molar-refractivity contribution in [2.24, 2.45) is 5.92 Å². The molecular weight excluding hydrogens is 373 g/mol. The summed E-state index contributed by atoms with van der Waals surface area (Å²) in [4.78, 5) is 26.4. The topological polar surface area (TPSA) is 70.7 Å². The maximum atomic E-state index is 13.2. The van der Waals surface area contributed by atoms with Crippen LogP contribution in [-0.2, 0) is 0 Å². The van der Waals surface area contributed by atoms with Crippen molar-refractivity contribution < 1.29 is 18.7 Å². The maximum absolute atomic E-state index is 13.2. The third-order valence-corrected chi connectivity index (χ3v) is 5.17. The summed E-state index contributed by atoms with van der Waals surface area (Å²) >= 11 is 0. The number of urea groups is 1. The zero-order valence-corrected chi connectivity index (χ0v) is 16.5. The monoisotopic (exact) mass is 399 g/mol. The molecule has 1 aliphatic rings. The Morgan fingerprint density at radius 1 is 1.14 bits per heavy atom. The molecular formula is C22H26FN3O3. The fourth-order valence-electron chi connectivity index (χ4n) is 3.51. The van der Waals surface area contributed by atoms with Gasteiger partial charge in [0.15, 0.2) is 0 Å². The number of piperidine rings is 1. The van der Waals surface area contributed by atoms with Crippen molar-refractivity contribution in [3.8, 4) is 5.75 Å². The molecule has 0 spiro atoms. The van der Waals surface area contributed by atoms with Gasteiger partial charge in [0.2, 0.25) is 0 Å². The molecule has 1 saturated heterocycles. The second-order valence-electron chi connectivity index (χ2n) is 7.12. The largest absolute Gasteiger partial charge is 0.496 e. The molecule has 0 bridgehead atoms. The standard InChI is InChI=1S/C22H26FN3O3/c1-29-20-8-3-2-7-19(20)21(27)24-12-9-16-10-13-26(14-11-16)22(28)25-18-6-4-5-17(23)15-18/h2-8,15-16H,9-14H2,1H3,(H,24,27)(H,25,28). The van der Waals surface area contributed by atoms with E-state index in [9.17, 15) is 14.0 Å². The SMILES string of the molecule is COc1ccccc1C(=O)NCCC1CCN(C(=O)Nc2cccc(F)c2)CC1. The molecule has 0 saturated carbocycles. The molecule has 2 N–H and O–H groups in total. The summed E-state index contributed by atoms with van der Waals surface area (Å²) in [7, 11) is 1.55. The summed E-state index contributed by atoms with van der Waals surface area (Å²) in [6.07, 6.45) is 2.61. The van der Waals surface area contributed by atoms with Crippen LogP contribution in [0, 0.1) is 11.7 Å². The summed E-state index contributed by atoms with van der Waals surface area (Å²) < 4.78 is 18.5. The highest BCUT2D eigenvalue weighted by Gasteiger charge is 2.23. The summed E-state index contributed by atoms with van der Waals surface area (Å²) in [5.74, 6) is 0.486. The number of carbonyl (C=O) groups excluding carboxylic acids is 2. The van der Waals surface area contributed by atoms with Crippen LogP contribution in [0.1, 0.15) is 29.6 Å². The van der Waals surface area contributed by atoms with E-state index < -0.39 is 0 Å². The van der Waals surface area contributed by atoms with Crippen molar-refractivity contribution in [3.63, 3.8) is 0 Å². The summed E-state index contributed by atoms with van der Waals surface area (Å²) in [5.41, 5.74) is 0.981. The van der Waals surface area contributed by atoms with Gasteiger partial charge in [0, 0.05) is 25.3 Å². The normalized spacial score (nSPS) is 14.3. The number of likely N-dealkylation sites (tertiary alicyclic amines) is 1.